The van der Waals surface area contributed by atoms with Crippen molar-refractivity contribution >= 4 is 21.7 Å². The molecule has 2 nitrogen and oxygen atoms in total. The second-order valence-electron chi connectivity index (χ2n) is 4.27. The number of benzene rings is 1. The zero-order chi connectivity index (χ0) is 12.4. The smallest absolute Gasteiger partial charge is 0.143 e. The molecule has 5 heteroatoms. The van der Waals surface area contributed by atoms with E-state index in [0.717, 1.165) is 13.1 Å². The molecular formula is C12H12BrF2NO. The predicted octanol–water partition coefficient (Wildman–Crippen LogP) is 2.45. The Balaban J connectivity index is 2.06. The summed E-state index contributed by atoms with van der Waals surface area (Å²) in [5, 5.41) is 3.05. The number of nitrogens with one attached hydrogen (secondary N) is 1. The van der Waals surface area contributed by atoms with E-state index in [1.165, 1.54) is 12.1 Å². The molecule has 0 atom stereocenters. The van der Waals surface area contributed by atoms with Crippen LogP contribution in [0.15, 0.2) is 16.6 Å². The van der Waals surface area contributed by atoms with Crippen LogP contribution in [0.1, 0.15) is 12.0 Å². The van der Waals surface area contributed by atoms with E-state index in [2.05, 4.69) is 21.2 Å². The summed E-state index contributed by atoms with van der Waals surface area (Å²) in [6.45, 7) is 1.63. The molecule has 1 aromatic rings. The van der Waals surface area contributed by atoms with Crippen molar-refractivity contribution in [3.05, 3.63) is 33.8 Å². The number of rotatable bonds is 4. The molecule has 0 aromatic heterocycles. The van der Waals surface area contributed by atoms with Gasteiger partial charge < -0.3 is 5.32 Å². The molecule has 0 unspecified atom stereocenters. The van der Waals surface area contributed by atoms with Gasteiger partial charge in [-0.05, 0) is 47.1 Å². The number of carbonyl (C=O) groups excluding carboxylic acids is 1. The molecule has 0 saturated carbocycles. The molecule has 0 spiro atoms. The average molecular weight is 304 g/mol. The van der Waals surface area contributed by atoms with Gasteiger partial charge in [0.05, 0.1) is 4.47 Å². The standard InChI is InChI=1S/C12H12BrF2NO/c13-10-1-2-11(14)9(12(10)15)4-8(17)3-7-5-16-6-7/h1-2,7,16H,3-6H2. The lowest BCUT2D eigenvalue weighted by Crippen LogP contribution is -2.43. The summed E-state index contributed by atoms with van der Waals surface area (Å²) in [5.41, 5.74) is -0.142. The lowest BCUT2D eigenvalue weighted by atomic mass is 9.94. The number of halogens is 3. The van der Waals surface area contributed by atoms with Crippen molar-refractivity contribution in [1.29, 1.82) is 0 Å². The fourth-order valence-corrected chi connectivity index (χ4v) is 2.19. The summed E-state index contributed by atoms with van der Waals surface area (Å²) in [6, 6.07) is 2.47. The van der Waals surface area contributed by atoms with Crippen LogP contribution in [-0.4, -0.2) is 18.9 Å². The third-order valence-electron chi connectivity index (χ3n) is 2.90. The zero-order valence-electron chi connectivity index (χ0n) is 9.10. The number of hydrogen-bond acceptors (Lipinski definition) is 2. The zero-order valence-corrected chi connectivity index (χ0v) is 10.7. The molecule has 1 aliphatic heterocycles. The van der Waals surface area contributed by atoms with Gasteiger partial charge in [-0.1, -0.05) is 0 Å². The van der Waals surface area contributed by atoms with Crippen molar-refractivity contribution in [2.45, 2.75) is 12.8 Å². The van der Waals surface area contributed by atoms with Crippen LogP contribution in [0, 0.1) is 17.6 Å². The second-order valence-corrected chi connectivity index (χ2v) is 5.12. The highest BCUT2D eigenvalue weighted by molar-refractivity contribution is 9.10. The minimum absolute atomic E-state index is 0.118. The van der Waals surface area contributed by atoms with E-state index in [0.29, 0.717) is 12.3 Å². The Morgan fingerprint density at radius 2 is 2.12 bits per heavy atom. The summed E-state index contributed by atoms with van der Waals surface area (Å²) in [4.78, 5) is 11.7. The minimum atomic E-state index is -0.676. The van der Waals surface area contributed by atoms with Crippen molar-refractivity contribution in [2.75, 3.05) is 13.1 Å². The van der Waals surface area contributed by atoms with E-state index in [4.69, 9.17) is 0 Å². The van der Waals surface area contributed by atoms with Crippen molar-refractivity contribution in [3.63, 3.8) is 0 Å². The highest BCUT2D eigenvalue weighted by Crippen LogP contribution is 2.23. The number of hydrogen-bond donors (Lipinski definition) is 1. The van der Waals surface area contributed by atoms with E-state index in [9.17, 15) is 13.6 Å². The molecule has 1 saturated heterocycles. The monoisotopic (exact) mass is 303 g/mol. The molecule has 17 heavy (non-hydrogen) atoms. The van der Waals surface area contributed by atoms with Gasteiger partial charge in [-0.25, -0.2) is 8.78 Å². The molecule has 0 radical (unpaired) electrons. The highest BCUT2D eigenvalue weighted by Gasteiger charge is 2.22. The number of carbonyl (C=O) groups is 1. The number of ketones is 1. The van der Waals surface area contributed by atoms with Crippen LogP contribution in [0.2, 0.25) is 0 Å². The van der Waals surface area contributed by atoms with E-state index in [1.807, 2.05) is 0 Å². The Hall–Kier alpha value is -0.810. The second kappa shape index (κ2) is 5.23. The molecule has 0 aliphatic carbocycles. The molecule has 1 N–H and O–H groups in total. The Morgan fingerprint density at radius 3 is 2.71 bits per heavy atom. The van der Waals surface area contributed by atoms with Gasteiger partial charge in [-0.15, -0.1) is 0 Å². The van der Waals surface area contributed by atoms with E-state index >= 15 is 0 Å². The minimum Gasteiger partial charge on any atom is -0.316 e. The highest BCUT2D eigenvalue weighted by atomic mass is 79.9. The summed E-state index contributed by atoms with van der Waals surface area (Å²) < 4.78 is 27.2. The molecular weight excluding hydrogens is 292 g/mol. The molecule has 1 fully saturated rings. The van der Waals surface area contributed by atoms with Gasteiger partial charge in [0.15, 0.2) is 0 Å². The van der Waals surface area contributed by atoms with Gasteiger partial charge in [0.2, 0.25) is 0 Å². The topological polar surface area (TPSA) is 29.1 Å². The van der Waals surface area contributed by atoms with Crippen LogP contribution in [-0.2, 0) is 11.2 Å². The first kappa shape index (κ1) is 12.6. The molecule has 1 heterocycles. The maximum Gasteiger partial charge on any atom is 0.143 e. The molecule has 0 amide bonds. The normalized spacial score (nSPS) is 15.7. The van der Waals surface area contributed by atoms with Crippen molar-refractivity contribution < 1.29 is 13.6 Å². The first-order valence-electron chi connectivity index (χ1n) is 5.42. The van der Waals surface area contributed by atoms with Crippen molar-refractivity contribution in [2.24, 2.45) is 5.92 Å². The molecule has 0 bridgehead atoms. The molecule has 1 aliphatic rings. The predicted molar refractivity (Wildman–Crippen MR) is 63.7 cm³/mol. The molecule has 92 valence electrons. The SMILES string of the molecule is O=C(Cc1c(F)ccc(Br)c1F)CC1CNC1. The van der Waals surface area contributed by atoms with E-state index in [1.54, 1.807) is 0 Å². The summed E-state index contributed by atoms with van der Waals surface area (Å²) >= 11 is 2.98. The summed E-state index contributed by atoms with van der Waals surface area (Å²) in [6.07, 6.45) is 0.214. The third kappa shape index (κ3) is 2.90. The lowest BCUT2D eigenvalue weighted by molar-refractivity contribution is -0.119. The maximum absolute atomic E-state index is 13.6. The molecule has 2 rings (SSSR count). The van der Waals surface area contributed by atoms with Crippen molar-refractivity contribution in [3.8, 4) is 0 Å². The van der Waals surface area contributed by atoms with Crippen LogP contribution in [0.3, 0.4) is 0 Å². The first-order valence-corrected chi connectivity index (χ1v) is 6.22. The van der Waals surface area contributed by atoms with Crippen LogP contribution >= 0.6 is 15.9 Å². The largest absolute Gasteiger partial charge is 0.316 e. The lowest BCUT2D eigenvalue weighted by Gasteiger charge is -2.26. The average Bonchev–Trinajstić information content (AvgIpc) is 2.24. The quantitative estimate of drug-likeness (QED) is 0.866. The van der Waals surface area contributed by atoms with Gasteiger partial charge in [0.1, 0.15) is 17.4 Å². The molecule has 1 aromatic carbocycles. The van der Waals surface area contributed by atoms with Crippen molar-refractivity contribution in [1.82, 2.24) is 5.32 Å². The summed E-state index contributed by atoms with van der Waals surface area (Å²) in [7, 11) is 0. The Kier molecular flexibility index (Phi) is 3.89. The van der Waals surface area contributed by atoms with Gasteiger partial charge in [-0.3, -0.25) is 4.79 Å². The van der Waals surface area contributed by atoms with Gasteiger partial charge >= 0.3 is 0 Å². The first-order chi connectivity index (χ1) is 8.08. The number of Topliss-reactive ketones (excluding diaryl/α,β-unsaturated/α-hetero) is 1. The summed E-state index contributed by atoms with van der Waals surface area (Å²) in [5.74, 6) is -1.14. The van der Waals surface area contributed by atoms with Crippen LogP contribution < -0.4 is 5.32 Å². The Labute approximate surface area is 107 Å². The third-order valence-corrected chi connectivity index (χ3v) is 3.51. The Bertz CT molecular complexity index is 446. The van der Waals surface area contributed by atoms with Gasteiger partial charge in [0.25, 0.3) is 0 Å². The fraction of sp³-hybridized carbons (Fsp3) is 0.417. The fourth-order valence-electron chi connectivity index (χ4n) is 1.82. The van der Waals surface area contributed by atoms with Gasteiger partial charge in [-0.2, -0.15) is 0 Å². The van der Waals surface area contributed by atoms with E-state index < -0.39 is 11.6 Å². The maximum atomic E-state index is 13.6. The van der Waals surface area contributed by atoms with Crippen LogP contribution in [0.25, 0.3) is 0 Å². The van der Waals surface area contributed by atoms with E-state index in [-0.39, 0.29) is 22.2 Å². The van der Waals surface area contributed by atoms with Gasteiger partial charge in [0, 0.05) is 18.4 Å². The van der Waals surface area contributed by atoms with Crippen LogP contribution in [0.4, 0.5) is 8.78 Å². The Morgan fingerprint density at radius 1 is 1.41 bits per heavy atom. The van der Waals surface area contributed by atoms with Crippen LogP contribution in [0.5, 0.6) is 0 Å².